The highest BCUT2D eigenvalue weighted by Crippen LogP contribution is 2.13. The highest BCUT2D eigenvalue weighted by Gasteiger charge is 1.97. The third-order valence-electron chi connectivity index (χ3n) is 2.34. The SMILES string of the molecule is CCOc1ccc(C=CC(=O)OCCCOC)cc1. The van der Waals surface area contributed by atoms with Crippen LogP contribution in [0.15, 0.2) is 30.3 Å². The van der Waals surface area contributed by atoms with Crippen LogP contribution in [0, 0.1) is 0 Å². The molecule has 1 aromatic carbocycles. The lowest BCUT2D eigenvalue weighted by molar-refractivity contribution is -0.138. The summed E-state index contributed by atoms with van der Waals surface area (Å²) in [5.74, 6) is 0.478. The van der Waals surface area contributed by atoms with Crippen molar-refractivity contribution in [3.8, 4) is 5.75 Å². The Morgan fingerprint density at radius 2 is 1.95 bits per heavy atom. The van der Waals surface area contributed by atoms with Gasteiger partial charge in [-0.2, -0.15) is 0 Å². The summed E-state index contributed by atoms with van der Waals surface area (Å²) in [4.78, 5) is 11.4. The summed E-state index contributed by atoms with van der Waals surface area (Å²) in [6.07, 6.45) is 3.84. The van der Waals surface area contributed by atoms with E-state index in [0.29, 0.717) is 26.2 Å². The summed E-state index contributed by atoms with van der Waals surface area (Å²) >= 11 is 0. The van der Waals surface area contributed by atoms with Gasteiger partial charge in [0.05, 0.1) is 13.2 Å². The molecule has 0 aliphatic heterocycles. The molecule has 0 aliphatic carbocycles. The highest BCUT2D eigenvalue weighted by molar-refractivity contribution is 5.87. The van der Waals surface area contributed by atoms with Gasteiger partial charge in [0, 0.05) is 26.2 Å². The summed E-state index contributed by atoms with van der Waals surface area (Å²) in [6.45, 7) is 3.55. The van der Waals surface area contributed by atoms with Crippen LogP contribution >= 0.6 is 0 Å². The fourth-order valence-electron chi connectivity index (χ4n) is 1.43. The molecule has 4 nitrogen and oxygen atoms in total. The van der Waals surface area contributed by atoms with Crippen LogP contribution in [0.5, 0.6) is 5.75 Å². The van der Waals surface area contributed by atoms with Crippen LogP contribution in [0.25, 0.3) is 6.08 Å². The molecule has 0 bridgehead atoms. The van der Waals surface area contributed by atoms with Crippen molar-refractivity contribution >= 4 is 12.0 Å². The highest BCUT2D eigenvalue weighted by atomic mass is 16.5. The molecule has 0 aliphatic rings. The molecule has 0 fully saturated rings. The van der Waals surface area contributed by atoms with Crippen LogP contribution in [0.4, 0.5) is 0 Å². The molecule has 4 heteroatoms. The minimum Gasteiger partial charge on any atom is -0.494 e. The molecule has 0 aromatic heterocycles. The predicted molar refractivity (Wildman–Crippen MR) is 74.1 cm³/mol. The first kappa shape index (κ1) is 15.2. The largest absolute Gasteiger partial charge is 0.494 e. The second kappa shape index (κ2) is 9.16. The van der Waals surface area contributed by atoms with Crippen molar-refractivity contribution in [1.29, 1.82) is 0 Å². The first-order valence-corrected chi connectivity index (χ1v) is 6.33. The lowest BCUT2D eigenvalue weighted by Crippen LogP contribution is -2.04. The van der Waals surface area contributed by atoms with Gasteiger partial charge in [-0.25, -0.2) is 4.79 Å². The topological polar surface area (TPSA) is 44.8 Å². The number of carbonyl (C=O) groups is 1. The van der Waals surface area contributed by atoms with Crippen LogP contribution in [-0.2, 0) is 14.3 Å². The number of carbonyl (C=O) groups excluding carboxylic acids is 1. The standard InChI is InChI=1S/C15H20O4/c1-3-18-14-8-5-13(6-9-14)7-10-15(16)19-12-4-11-17-2/h5-10H,3-4,11-12H2,1-2H3. The molecule has 1 rings (SSSR count). The third-order valence-corrected chi connectivity index (χ3v) is 2.34. The number of methoxy groups -OCH3 is 1. The Balaban J connectivity index is 2.36. The molecule has 1 aromatic rings. The number of esters is 1. The van der Waals surface area contributed by atoms with E-state index in [9.17, 15) is 4.79 Å². The number of rotatable bonds is 8. The van der Waals surface area contributed by atoms with E-state index in [1.165, 1.54) is 6.08 Å². The van der Waals surface area contributed by atoms with Crippen molar-refractivity contribution in [2.24, 2.45) is 0 Å². The van der Waals surface area contributed by atoms with Crippen molar-refractivity contribution in [3.63, 3.8) is 0 Å². The number of benzene rings is 1. The van der Waals surface area contributed by atoms with Gasteiger partial charge in [-0.1, -0.05) is 12.1 Å². The van der Waals surface area contributed by atoms with E-state index in [0.717, 1.165) is 11.3 Å². The lowest BCUT2D eigenvalue weighted by Gasteiger charge is -2.02. The van der Waals surface area contributed by atoms with E-state index in [4.69, 9.17) is 14.2 Å². The summed E-state index contributed by atoms with van der Waals surface area (Å²) in [6, 6.07) is 7.51. The summed E-state index contributed by atoms with van der Waals surface area (Å²) in [5, 5.41) is 0. The molecule has 0 spiro atoms. The quantitative estimate of drug-likeness (QED) is 0.411. The molecule has 0 saturated carbocycles. The van der Waals surface area contributed by atoms with Gasteiger partial charge in [0.1, 0.15) is 5.75 Å². The Bertz CT molecular complexity index is 395. The van der Waals surface area contributed by atoms with Crippen LogP contribution in [-0.4, -0.2) is 32.9 Å². The van der Waals surface area contributed by atoms with Gasteiger partial charge in [-0.3, -0.25) is 0 Å². The fraction of sp³-hybridized carbons (Fsp3) is 0.400. The first-order valence-electron chi connectivity index (χ1n) is 6.33. The molecular weight excluding hydrogens is 244 g/mol. The first-order chi connectivity index (χ1) is 9.26. The Morgan fingerprint density at radius 1 is 1.21 bits per heavy atom. The summed E-state index contributed by atoms with van der Waals surface area (Å²) < 4.78 is 15.2. The Kier molecular flexibility index (Phi) is 7.35. The van der Waals surface area contributed by atoms with E-state index < -0.39 is 0 Å². The van der Waals surface area contributed by atoms with E-state index in [2.05, 4.69) is 0 Å². The average Bonchev–Trinajstić information content (AvgIpc) is 2.43. The van der Waals surface area contributed by atoms with Crippen molar-refractivity contribution in [2.75, 3.05) is 26.9 Å². The molecule has 0 N–H and O–H groups in total. The maximum absolute atomic E-state index is 11.4. The Hall–Kier alpha value is -1.81. The lowest BCUT2D eigenvalue weighted by atomic mass is 10.2. The maximum atomic E-state index is 11.4. The van der Waals surface area contributed by atoms with Crippen molar-refractivity contribution in [1.82, 2.24) is 0 Å². The van der Waals surface area contributed by atoms with Crippen molar-refractivity contribution in [2.45, 2.75) is 13.3 Å². The molecular formula is C15H20O4. The Morgan fingerprint density at radius 3 is 2.58 bits per heavy atom. The normalized spacial score (nSPS) is 10.6. The van der Waals surface area contributed by atoms with Crippen LogP contribution in [0.1, 0.15) is 18.9 Å². The number of hydrogen-bond donors (Lipinski definition) is 0. The van der Waals surface area contributed by atoms with E-state index >= 15 is 0 Å². The smallest absolute Gasteiger partial charge is 0.330 e. The van der Waals surface area contributed by atoms with E-state index in [-0.39, 0.29) is 5.97 Å². The zero-order valence-electron chi connectivity index (χ0n) is 11.4. The zero-order chi connectivity index (χ0) is 13.9. The molecule has 0 amide bonds. The van der Waals surface area contributed by atoms with E-state index in [1.807, 2.05) is 31.2 Å². The van der Waals surface area contributed by atoms with Gasteiger partial charge in [-0.15, -0.1) is 0 Å². The fourth-order valence-corrected chi connectivity index (χ4v) is 1.43. The number of hydrogen-bond acceptors (Lipinski definition) is 4. The second-order valence-electron chi connectivity index (χ2n) is 3.85. The number of ether oxygens (including phenoxy) is 3. The molecule has 0 heterocycles. The van der Waals surface area contributed by atoms with Crippen LogP contribution in [0.3, 0.4) is 0 Å². The second-order valence-corrected chi connectivity index (χ2v) is 3.85. The van der Waals surface area contributed by atoms with Gasteiger partial charge in [0.15, 0.2) is 0 Å². The van der Waals surface area contributed by atoms with Gasteiger partial charge in [0.25, 0.3) is 0 Å². The van der Waals surface area contributed by atoms with E-state index in [1.54, 1.807) is 13.2 Å². The molecule has 19 heavy (non-hydrogen) atoms. The van der Waals surface area contributed by atoms with Gasteiger partial charge < -0.3 is 14.2 Å². The van der Waals surface area contributed by atoms with Gasteiger partial charge >= 0.3 is 5.97 Å². The molecule has 0 saturated heterocycles. The summed E-state index contributed by atoms with van der Waals surface area (Å²) in [5.41, 5.74) is 0.928. The third kappa shape index (κ3) is 6.62. The monoisotopic (exact) mass is 264 g/mol. The average molecular weight is 264 g/mol. The van der Waals surface area contributed by atoms with Gasteiger partial charge in [-0.05, 0) is 30.7 Å². The molecule has 0 unspecified atom stereocenters. The minimum absolute atomic E-state index is 0.343. The molecule has 0 radical (unpaired) electrons. The molecule has 104 valence electrons. The minimum atomic E-state index is -0.343. The Labute approximate surface area is 114 Å². The summed E-state index contributed by atoms with van der Waals surface area (Å²) in [7, 11) is 1.62. The van der Waals surface area contributed by atoms with Crippen molar-refractivity contribution in [3.05, 3.63) is 35.9 Å². The van der Waals surface area contributed by atoms with Crippen LogP contribution in [0.2, 0.25) is 0 Å². The van der Waals surface area contributed by atoms with Gasteiger partial charge in [0.2, 0.25) is 0 Å². The zero-order valence-corrected chi connectivity index (χ0v) is 11.4. The van der Waals surface area contributed by atoms with Crippen molar-refractivity contribution < 1.29 is 19.0 Å². The molecule has 0 atom stereocenters. The maximum Gasteiger partial charge on any atom is 0.330 e. The predicted octanol–water partition coefficient (Wildman–Crippen LogP) is 2.68. The van der Waals surface area contributed by atoms with Crippen LogP contribution < -0.4 is 4.74 Å².